The summed E-state index contributed by atoms with van der Waals surface area (Å²) in [6.07, 6.45) is 0. The summed E-state index contributed by atoms with van der Waals surface area (Å²) in [6, 6.07) is 9.93. The van der Waals surface area contributed by atoms with Crippen LogP contribution < -0.4 is 0 Å². The Morgan fingerprint density at radius 3 is 2.56 bits per heavy atom. The van der Waals surface area contributed by atoms with Crippen molar-refractivity contribution in [2.45, 2.75) is 13.8 Å². The smallest absolute Gasteiger partial charge is 0.252 e. The van der Waals surface area contributed by atoms with E-state index in [1.54, 1.807) is 4.52 Å². The van der Waals surface area contributed by atoms with Crippen molar-refractivity contribution < 1.29 is 0 Å². The molecule has 1 N–H and O–H groups in total. The van der Waals surface area contributed by atoms with E-state index < -0.39 is 0 Å². The minimum atomic E-state index is 0.613. The van der Waals surface area contributed by atoms with E-state index in [2.05, 4.69) is 15.1 Å². The maximum absolute atomic E-state index is 5.40. The molecule has 0 bridgehead atoms. The molecule has 3 aromatic rings. The number of fused-ring (bicyclic) bond motifs is 1. The molecule has 2 aromatic heterocycles. The molecule has 4 nitrogen and oxygen atoms in total. The number of hydrogen-bond acceptors (Lipinski definition) is 3. The molecule has 0 aliphatic heterocycles. The predicted molar refractivity (Wildman–Crippen MR) is 73.1 cm³/mol. The zero-order valence-corrected chi connectivity index (χ0v) is 11.0. The summed E-state index contributed by atoms with van der Waals surface area (Å²) in [5.74, 6) is 1.39. The number of aryl methyl sites for hydroxylation is 1. The van der Waals surface area contributed by atoms with Gasteiger partial charge >= 0.3 is 0 Å². The topological polar surface area (TPSA) is 46.0 Å². The van der Waals surface area contributed by atoms with Gasteiger partial charge in [-0.05, 0) is 13.8 Å². The summed E-state index contributed by atoms with van der Waals surface area (Å²) in [4.78, 5) is 8.91. The molecule has 0 spiro atoms. The quantitative estimate of drug-likeness (QED) is 0.681. The molecule has 0 unspecified atom stereocenters. The summed E-state index contributed by atoms with van der Waals surface area (Å²) in [6.45, 7) is 3.92. The molecular weight excluding hydrogens is 244 g/mol. The van der Waals surface area contributed by atoms with Crippen LogP contribution in [0.5, 0.6) is 0 Å². The number of aromatic amines is 1. The molecule has 0 radical (unpaired) electrons. The molecule has 18 heavy (non-hydrogen) atoms. The van der Waals surface area contributed by atoms with E-state index in [0.717, 1.165) is 27.3 Å². The van der Waals surface area contributed by atoms with Gasteiger partial charge in [-0.1, -0.05) is 42.5 Å². The largest absolute Gasteiger partial charge is 0.273 e. The van der Waals surface area contributed by atoms with E-state index in [4.69, 9.17) is 12.2 Å². The third kappa shape index (κ3) is 1.64. The van der Waals surface area contributed by atoms with Gasteiger partial charge in [-0.15, -0.1) is 0 Å². The number of benzene rings is 1. The Bertz CT molecular complexity index is 771. The van der Waals surface area contributed by atoms with Crippen molar-refractivity contribution in [1.29, 1.82) is 0 Å². The third-order valence-corrected chi connectivity index (χ3v) is 3.50. The van der Waals surface area contributed by atoms with E-state index in [0.29, 0.717) is 5.78 Å². The minimum absolute atomic E-state index is 0.613. The SMILES string of the molecule is Cc1nc2nc(-c3ccccc3)[nH]n2c(=S)c1C. The van der Waals surface area contributed by atoms with Crippen molar-refractivity contribution in [3.05, 3.63) is 46.2 Å². The summed E-state index contributed by atoms with van der Waals surface area (Å²) in [5, 5.41) is 3.19. The average Bonchev–Trinajstić information content (AvgIpc) is 2.81. The third-order valence-electron chi connectivity index (χ3n) is 3.01. The molecule has 1 aromatic carbocycles. The van der Waals surface area contributed by atoms with Crippen molar-refractivity contribution in [2.75, 3.05) is 0 Å². The second-order valence-electron chi connectivity index (χ2n) is 4.20. The average molecular weight is 256 g/mol. The maximum Gasteiger partial charge on any atom is 0.252 e. The summed E-state index contributed by atoms with van der Waals surface area (Å²) in [5.41, 5.74) is 2.95. The fourth-order valence-electron chi connectivity index (χ4n) is 1.83. The molecule has 5 heteroatoms. The number of nitrogens with zero attached hydrogens (tertiary/aromatic N) is 3. The monoisotopic (exact) mass is 256 g/mol. The highest BCUT2D eigenvalue weighted by Gasteiger charge is 2.08. The zero-order valence-electron chi connectivity index (χ0n) is 10.1. The van der Waals surface area contributed by atoms with Crippen LogP contribution in [-0.2, 0) is 0 Å². The van der Waals surface area contributed by atoms with Crippen molar-refractivity contribution in [2.24, 2.45) is 0 Å². The fraction of sp³-hybridized carbons (Fsp3) is 0.154. The van der Waals surface area contributed by atoms with Crippen LogP contribution in [0.1, 0.15) is 11.3 Å². The van der Waals surface area contributed by atoms with Gasteiger partial charge in [-0.25, -0.2) is 9.50 Å². The Morgan fingerprint density at radius 1 is 1.11 bits per heavy atom. The van der Waals surface area contributed by atoms with Crippen molar-refractivity contribution in [3.63, 3.8) is 0 Å². The van der Waals surface area contributed by atoms with Gasteiger partial charge in [-0.3, -0.25) is 5.10 Å². The summed E-state index contributed by atoms with van der Waals surface area (Å²) in [7, 11) is 0. The first-order chi connectivity index (χ1) is 8.66. The lowest BCUT2D eigenvalue weighted by Gasteiger charge is -1.99. The lowest BCUT2D eigenvalue weighted by molar-refractivity contribution is 0.901. The van der Waals surface area contributed by atoms with Crippen LogP contribution in [0.15, 0.2) is 30.3 Å². The van der Waals surface area contributed by atoms with E-state index in [1.165, 1.54) is 0 Å². The molecule has 0 atom stereocenters. The summed E-state index contributed by atoms with van der Waals surface area (Å²) < 4.78 is 2.48. The summed E-state index contributed by atoms with van der Waals surface area (Å²) >= 11 is 5.40. The number of nitrogens with one attached hydrogen (secondary N) is 1. The van der Waals surface area contributed by atoms with E-state index in [1.807, 2.05) is 44.2 Å². The van der Waals surface area contributed by atoms with E-state index in [-0.39, 0.29) is 0 Å². The first-order valence-electron chi connectivity index (χ1n) is 5.68. The highest BCUT2D eigenvalue weighted by atomic mass is 32.1. The van der Waals surface area contributed by atoms with Gasteiger partial charge in [-0.2, -0.15) is 4.98 Å². The predicted octanol–water partition coefficient (Wildman–Crippen LogP) is 3.07. The highest BCUT2D eigenvalue weighted by molar-refractivity contribution is 7.71. The molecule has 0 fully saturated rings. The molecular formula is C13H12N4S. The highest BCUT2D eigenvalue weighted by Crippen LogP contribution is 2.16. The van der Waals surface area contributed by atoms with Crippen LogP contribution in [-0.4, -0.2) is 19.6 Å². The Hall–Kier alpha value is -2.01. The molecule has 0 saturated carbocycles. The second-order valence-corrected chi connectivity index (χ2v) is 4.59. The molecule has 0 aliphatic rings. The molecule has 0 saturated heterocycles. The maximum atomic E-state index is 5.40. The Morgan fingerprint density at radius 2 is 1.83 bits per heavy atom. The van der Waals surface area contributed by atoms with Gasteiger partial charge in [0.15, 0.2) is 5.82 Å². The Labute approximate surface area is 109 Å². The van der Waals surface area contributed by atoms with Crippen molar-refractivity contribution in [3.8, 4) is 11.4 Å². The van der Waals surface area contributed by atoms with Gasteiger partial charge in [0, 0.05) is 16.8 Å². The molecule has 2 heterocycles. The Balaban J connectivity index is 2.30. The molecule has 90 valence electrons. The fourth-order valence-corrected chi connectivity index (χ4v) is 2.10. The van der Waals surface area contributed by atoms with Gasteiger partial charge in [0.2, 0.25) is 0 Å². The number of aromatic nitrogens is 4. The van der Waals surface area contributed by atoms with Crippen LogP contribution in [0.25, 0.3) is 17.2 Å². The van der Waals surface area contributed by atoms with Crippen molar-refractivity contribution >= 4 is 18.0 Å². The molecule has 0 amide bonds. The van der Waals surface area contributed by atoms with Gasteiger partial charge in [0.1, 0.15) is 4.64 Å². The second kappa shape index (κ2) is 4.03. The standard InChI is InChI=1S/C13H12N4S/c1-8-9(2)14-13-15-11(16-17(13)12(8)18)10-6-4-3-5-7-10/h3-7H,1-2H3,(H,14,15,16). The van der Waals surface area contributed by atoms with Crippen LogP contribution in [0.2, 0.25) is 0 Å². The number of rotatable bonds is 1. The first kappa shape index (κ1) is 11.1. The zero-order chi connectivity index (χ0) is 12.7. The van der Waals surface area contributed by atoms with E-state index in [9.17, 15) is 0 Å². The lowest BCUT2D eigenvalue weighted by atomic mass is 10.2. The van der Waals surface area contributed by atoms with E-state index >= 15 is 0 Å². The van der Waals surface area contributed by atoms with Gasteiger partial charge in [0.25, 0.3) is 5.78 Å². The van der Waals surface area contributed by atoms with Gasteiger partial charge < -0.3 is 0 Å². The lowest BCUT2D eigenvalue weighted by Crippen LogP contribution is -1.98. The van der Waals surface area contributed by atoms with Crippen LogP contribution >= 0.6 is 12.2 Å². The molecule has 0 aliphatic carbocycles. The first-order valence-corrected chi connectivity index (χ1v) is 6.09. The number of H-pyrrole nitrogens is 1. The van der Waals surface area contributed by atoms with Crippen LogP contribution in [0, 0.1) is 18.5 Å². The van der Waals surface area contributed by atoms with Crippen LogP contribution in [0.3, 0.4) is 0 Å². The normalized spacial score (nSPS) is 11.0. The Kier molecular flexibility index (Phi) is 2.48. The van der Waals surface area contributed by atoms with Crippen molar-refractivity contribution in [1.82, 2.24) is 19.6 Å². The minimum Gasteiger partial charge on any atom is -0.273 e. The van der Waals surface area contributed by atoms with Gasteiger partial charge in [0.05, 0.1) is 0 Å². The van der Waals surface area contributed by atoms with Crippen LogP contribution in [0.4, 0.5) is 0 Å². The molecule has 3 rings (SSSR count). The number of hydrogen-bond donors (Lipinski definition) is 1.